The van der Waals surface area contributed by atoms with E-state index in [0.29, 0.717) is 28.1 Å². The molecule has 0 amide bonds. The number of anilines is 1. The summed E-state index contributed by atoms with van der Waals surface area (Å²) in [5.74, 6) is 3.52. The molecular weight excluding hydrogens is 427 g/mol. The number of terminal acetylenes is 1. The van der Waals surface area contributed by atoms with E-state index in [0.717, 1.165) is 12.3 Å². The SMILES string of the molecule is C#CCOc1c(Br)cc(/C=N\Nc2ccc(C(F)(F)F)cn2)cc1OCC. The van der Waals surface area contributed by atoms with E-state index in [9.17, 15) is 13.2 Å². The molecule has 0 bridgehead atoms. The quantitative estimate of drug-likeness (QED) is 0.383. The van der Waals surface area contributed by atoms with Crippen LogP contribution in [-0.2, 0) is 6.18 Å². The fourth-order valence-electron chi connectivity index (χ4n) is 1.98. The Labute approximate surface area is 162 Å². The molecule has 1 N–H and O–H groups in total. The van der Waals surface area contributed by atoms with E-state index in [1.54, 1.807) is 12.1 Å². The number of alkyl halides is 3. The minimum atomic E-state index is -4.43. The lowest BCUT2D eigenvalue weighted by atomic mass is 10.2. The molecule has 0 atom stereocenters. The van der Waals surface area contributed by atoms with Crippen LogP contribution in [-0.4, -0.2) is 24.4 Å². The zero-order valence-electron chi connectivity index (χ0n) is 14.2. The van der Waals surface area contributed by atoms with Gasteiger partial charge in [0.2, 0.25) is 0 Å². The average Bonchev–Trinajstić information content (AvgIpc) is 2.61. The minimum absolute atomic E-state index is 0.0905. The molecule has 9 heteroatoms. The summed E-state index contributed by atoms with van der Waals surface area (Å²) in [5.41, 5.74) is 2.40. The van der Waals surface area contributed by atoms with Gasteiger partial charge in [-0.3, -0.25) is 5.43 Å². The highest BCUT2D eigenvalue weighted by atomic mass is 79.9. The molecule has 27 heavy (non-hydrogen) atoms. The van der Waals surface area contributed by atoms with Crippen molar-refractivity contribution < 1.29 is 22.6 Å². The lowest BCUT2D eigenvalue weighted by Crippen LogP contribution is -2.05. The highest BCUT2D eigenvalue weighted by Gasteiger charge is 2.30. The summed E-state index contributed by atoms with van der Waals surface area (Å²) in [6, 6.07) is 5.55. The van der Waals surface area contributed by atoms with Crippen molar-refractivity contribution >= 4 is 28.0 Å². The number of pyridine rings is 1. The lowest BCUT2D eigenvalue weighted by molar-refractivity contribution is -0.137. The standard InChI is InChI=1S/C18H15BrF3N3O2/c1-3-7-27-17-14(19)8-12(9-15(17)26-4-2)10-24-25-16-6-5-13(11-23-16)18(20,21)22/h1,5-6,8-11H,4,7H2,2H3,(H,23,25)/b24-10-. The Kier molecular flexibility index (Phi) is 7.07. The Morgan fingerprint density at radius 1 is 1.33 bits per heavy atom. The first kappa shape index (κ1) is 20.6. The van der Waals surface area contributed by atoms with E-state index in [-0.39, 0.29) is 12.4 Å². The molecule has 2 rings (SSSR count). The molecule has 1 aromatic carbocycles. The number of hydrogen-bond donors (Lipinski definition) is 1. The van der Waals surface area contributed by atoms with Gasteiger partial charge in [0.1, 0.15) is 12.4 Å². The number of nitrogens with one attached hydrogen (secondary N) is 1. The first-order valence-electron chi connectivity index (χ1n) is 7.70. The van der Waals surface area contributed by atoms with Crippen LogP contribution in [0.25, 0.3) is 0 Å². The second kappa shape index (κ2) is 9.28. The van der Waals surface area contributed by atoms with Gasteiger partial charge in [0, 0.05) is 6.20 Å². The Hall–Kier alpha value is -2.73. The molecule has 0 radical (unpaired) electrons. The second-order valence-electron chi connectivity index (χ2n) is 5.06. The van der Waals surface area contributed by atoms with E-state index >= 15 is 0 Å². The Bertz CT molecular complexity index is 847. The normalized spacial score (nSPS) is 11.3. The summed E-state index contributed by atoms with van der Waals surface area (Å²) < 4.78 is 49.2. The van der Waals surface area contributed by atoms with Gasteiger partial charge in [0.25, 0.3) is 0 Å². The molecule has 0 fully saturated rings. The summed E-state index contributed by atoms with van der Waals surface area (Å²) in [5, 5.41) is 3.97. The molecule has 0 unspecified atom stereocenters. The zero-order chi connectivity index (χ0) is 19.9. The number of ether oxygens (including phenoxy) is 2. The van der Waals surface area contributed by atoms with E-state index in [1.165, 1.54) is 12.3 Å². The Morgan fingerprint density at radius 2 is 2.11 bits per heavy atom. The maximum absolute atomic E-state index is 12.5. The molecule has 0 aliphatic rings. The monoisotopic (exact) mass is 441 g/mol. The van der Waals surface area contributed by atoms with Gasteiger partial charge in [-0.2, -0.15) is 18.3 Å². The number of hydrazone groups is 1. The van der Waals surface area contributed by atoms with Gasteiger partial charge in [0.15, 0.2) is 11.5 Å². The first-order chi connectivity index (χ1) is 12.8. The summed E-state index contributed by atoms with van der Waals surface area (Å²) in [4.78, 5) is 3.67. The van der Waals surface area contributed by atoms with Crippen LogP contribution in [0.5, 0.6) is 11.5 Å². The molecular formula is C18H15BrF3N3O2. The first-order valence-corrected chi connectivity index (χ1v) is 8.49. The number of benzene rings is 1. The molecule has 1 heterocycles. The molecule has 0 saturated heterocycles. The third-order valence-electron chi connectivity index (χ3n) is 3.12. The Balaban J connectivity index is 2.13. The highest BCUT2D eigenvalue weighted by Crippen LogP contribution is 2.36. The van der Waals surface area contributed by atoms with Crippen LogP contribution in [0.1, 0.15) is 18.1 Å². The molecule has 5 nitrogen and oxygen atoms in total. The summed E-state index contributed by atoms with van der Waals surface area (Å²) in [6.45, 7) is 2.35. The molecule has 0 aliphatic carbocycles. The van der Waals surface area contributed by atoms with Crippen LogP contribution in [0.2, 0.25) is 0 Å². The van der Waals surface area contributed by atoms with E-state index in [4.69, 9.17) is 15.9 Å². The van der Waals surface area contributed by atoms with E-state index in [2.05, 4.69) is 37.4 Å². The van der Waals surface area contributed by atoms with E-state index < -0.39 is 11.7 Å². The Morgan fingerprint density at radius 3 is 2.70 bits per heavy atom. The number of rotatable bonds is 7. The fourth-order valence-corrected chi connectivity index (χ4v) is 2.55. The van der Waals surface area contributed by atoms with Crippen molar-refractivity contribution in [2.75, 3.05) is 18.6 Å². The number of halogens is 4. The van der Waals surface area contributed by atoms with Crippen LogP contribution in [0, 0.1) is 12.3 Å². The molecule has 0 spiro atoms. The van der Waals surface area contributed by atoms with Gasteiger partial charge in [-0.1, -0.05) is 5.92 Å². The summed E-state index contributed by atoms with van der Waals surface area (Å²) in [6.07, 6.45) is 2.98. The predicted octanol–water partition coefficient (Wildman–Crippen LogP) is 4.72. The molecule has 0 saturated carbocycles. The van der Waals surface area contributed by atoms with Crippen LogP contribution in [0.3, 0.4) is 0 Å². The number of nitrogens with zero attached hydrogens (tertiary/aromatic N) is 2. The van der Waals surface area contributed by atoms with Crippen LogP contribution in [0.4, 0.5) is 19.0 Å². The van der Waals surface area contributed by atoms with Gasteiger partial charge in [-0.05, 0) is 52.7 Å². The number of hydrogen-bond acceptors (Lipinski definition) is 5. The predicted molar refractivity (Wildman–Crippen MR) is 100 cm³/mol. The van der Waals surface area contributed by atoms with Crippen molar-refractivity contribution in [1.82, 2.24) is 4.98 Å². The number of aromatic nitrogens is 1. The van der Waals surface area contributed by atoms with Gasteiger partial charge in [-0.15, -0.1) is 6.42 Å². The summed E-state index contributed by atoms with van der Waals surface area (Å²) >= 11 is 3.39. The molecule has 142 valence electrons. The van der Waals surface area contributed by atoms with Crippen molar-refractivity contribution in [3.8, 4) is 23.8 Å². The highest BCUT2D eigenvalue weighted by molar-refractivity contribution is 9.10. The largest absolute Gasteiger partial charge is 0.490 e. The van der Waals surface area contributed by atoms with Crippen molar-refractivity contribution in [2.45, 2.75) is 13.1 Å². The van der Waals surface area contributed by atoms with E-state index in [1.807, 2.05) is 6.92 Å². The van der Waals surface area contributed by atoms with Crippen molar-refractivity contribution in [1.29, 1.82) is 0 Å². The van der Waals surface area contributed by atoms with Crippen molar-refractivity contribution in [3.63, 3.8) is 0 Å². The second-order valence-corrected chi connectivity index (χ2v) is 5.91. The van der Waals surface area contributed by atoms with Gasteiger partial charge >= 0.3 is 6.18 Å². The fraction of sp³-hybridized carbons (Fsp3) is 0.222. The maximum atomic E-state index is 12.5. The van der Waals surface area contributed by atoms with Crippen LogP contribution >= 0.6 is 15.9 Å². The van der Waals surface area contributed by atoms with Crippen LogP contribution < -0.4 is 14.9 Å². The van der Waals surface area contributed by atoms with Crippen LogP contribution in [0.15, 0.2) is 40.0 Å². The molecule has 0 aliphatic heterocycles. The topological polar surface area (TPSA) is 55.7 Å². The summed E-state index contributed by atoms with van der Waals surface area (Å²) in [7, 11) is 0. The third-order valence-corrected chi connectivity index (χ3v) is 3.70. The lowest BCUT2D eigenvalue weighted by Gasteiger charge is -2.13. The van der Waals surface area contributed by atoms with Gasteiger partial charge in [-0.25, -0.2) is 4.98 Å². The van der Waals surface area contributed by atoms with Gasteiger partial charge in [0.05, 0.1) is 22.9 Å². The van der Waals surface area contributed by atoms with Crippen molar-refractivity contribution in [3.05, 3.63) is 46.1 Å². The average molecular weight is 442 g/mol. The van der Waals surface area contributed by atoms with Gasteiger partial charge < -0.3 is 9.47 Å². The van der Waals surface area contributed by atoms with Crippen molar-refractivity contribution in [2.24, 2.45) is 5.10 Å². The molecule has 1 aromatic heterocycles. The minimum Gasteiger partial charge on any atom is -0.490 e. The maximum Gasteiger partial charge on any atom is 0.417 e. The molecule has 2 aromatic rings. The smallest absolute Gasteiger partial charge is 0.417 e. The third kappa shape index (κ3) is 5.89. The zero-order valence-corrected chi connectivity index (χ0v) is 15.8.